The fourth-order valence-corrected chi connectivity index (χ4v) is 2.86. The molecule has 0 amide bonds. The number of hydrogen-bond donors (Lipinski definition) is 0. The van der Waals surface area contributed by atoms with Crippen LogP contribution in [-0.4, -0.2) is 36.5 Å². The summed E-state index contributed by atoms with van der Waals surface area (Å²) in [6.07, 6.45) is 1.55. The van der Waals surface area contributed by atoms with Gasteiger partial charge in [-0.1, -0.05) is 18.2 Å². The Bertz CT molecular complexity index is 1040. The zero-order chi connectivity index (χ0) is 20.3. The smallest absolute Gasteiger partial charge is 0.358 e. The van der Waals surface area contributed by atoms with E-state index < -0.39 is 18.2 Å². The van der Waals surface area contributed by atoms with Crippen LogP contribution in [0.1, 0.15) is 19.4 Å². The number of methoxy groups -OCH3 is 1. The minimum atomic E-state index is -1.11. The van der Waals surface area contributed by atoms with Crippen LogP contribution < -0.4 is 0 Å². The molecule has 0 N–H and O–H groups in total. The monoisotopic (exact) mass is 382 g/mol. The Balaban J connectivity index is 2.04. The highest BCUT2D eigenvalue weighted by molar-refractivity contribution is 6.12. The number of aromatic nitrogens is 1. The summed E-state index contributed by atoms with van der Waals surface area (Å²) in [4.78, 5) is 24.3. The molecule has 0 bridgehead atoms. The number of nitrogens with zero attached hydrogens (tertiary/aromatic N) is 2. The van der Waals surface area contributed by atoms with Crippen molar-refractivity contribution in [3.63, 3.8) is 0 Å². The molecule has 2 aromatic rings. The fourth-order valence-electron chi connectivity index (χ4n) is 2.86. The molecule has 0 saturated carbocycles. The van der Waals surface area contributed by atoms with E-state index in [2.05, 4.69) is 6.07 Å². The van der Waals surface area contributed by atoms with Crippen molar-refractivity contribution in [1.29, 1.82) is 5.26 Å². The Kier molecular flexibility index (Phi) is 5.36. The summed E-state index contributed by atoms with van der Waals surface area (Å²) in [7, 11) is 1.39. The fraction of sp³-hybridized carbons (Fsp3) is 0.250. The molecule has 0 saturated heterocycles. The minimum absolute atomic E-state index is 0.0237. The van der Waals surface area contributed by atoms with Gasteiger partial charge in [-0.2, -0.15) is 5.26 Å². The maximum absolute atomic E-state index is 12.5. The second kappa shape index (κ2) is 7.88. The molecule has 0 aliphatic carbocycles. The van der Waals surface area contributed by atoms with Crippen LogP contribution in [0.3, 0.4) is 0 Å². The van der Waals surface area contributed by atoms with Crippen LogP contribution in [0.15, 0.2) is 48.1 Å². The summed E-state index contributed by atoms with van der Waals surface area (Å²) in [5.74, 6) is -0.998. The molecule has 8 heteroatoms. The van der Waals surface area contributed by atoms with Crippen molar-refractivity contribution in [1.82, 2.24) is 4.57 Å². The number of para-hydroxylation sites is 1. The van der Waals surface area contributed by atoms with E-state index >= 15 is 0 Å². The Labute approximate surface area is 161 Å². The molecule has 1 unspecified atom stereocenters. The van der Waals surface area contributed by atoms with Gasteiger partial charge in [-0.3, -0.25) is 0 Å². The van der Waals surface area contributed by atoms with Crippen LogP contribution in [0.5, 0.6) is 0 Å². The predicted molar refractivity (Wildman–Crippen MR) is 98.2 cm³/mol. The molecule has 1 atom stereocenters. The summed E-state index contributed by atoms with van der Waals surface area (Å²) in [5.41, 5.74) is 1.34. The maximum atomic E-state index is 12.5. The van der Waals surface area contributed by atoms with Crippen molar-refractivity contribution in [3.8, 4) is 6.07 Å². The number of carbonyl (C=O) groups is 2. The first-order chi connectivity index (χ1) is 13.5. The van der Waals surface area contributed by atoms with Crippen molar-refractivity contribution in [2.24, 2.45) is 0 Å². The number of hydrogen-bond acceptors (Lipinski definition) is 7. The molecule has 3 rings (SSSR count). The molecule has 1 aromatic carbocycles. The standard InChI is InChI=1S/C20H18N2O6/c1-4-26-19(24)16(11-27-20-17(25-3)12(2)18(23)28-20)22-10-13(9-21)14-7-5-6-8-15(14)22/h5-8,10-11,20H,4H2,1-3H3/b16-11-. The molecule has 1 aliphatic rings. The lowest BCUT2D eigenvalue weighted by Gasteiger charge is -2.15. The van der Waals surface area contributed by atoms with Crippen molar-refractivity contribution in [2.75, 3.05) is 13.7 Å². The first kappa shape index (κ1) is 19.0. The second-order valence-electron chi connectivity index (χ2n) is 5.83. The third-order valence-corrected chi connectivity index (χ3v) is 4.20. The average molecular weight is 382 g/mol. The third kappa shape index (κ3) is 3.30. The van der Waals surface area contributed by atoms with Crippen LogP contribution in [-0.2, 0) is 28.5 Å². The Morgan fingerprint density at radius 3 is 2.82 bits per heavy atom. The van der Waals surface area contributed by atoms with Gasteiger partial charge < -0.3 is 23.5 Å². The molecule has 0 radical (unpaired) electrons. The van der Waals surface area contributed by atoms with Crippen LogP contribution in [0.25, 0.3) is 16.6 Å². The van der Waals surface area contributed by atoms with Gasteiger partial charge in [0.2, 0.25) is 0 Å². The number of benzene rings is 1. The molecule has 0 fully saturated rings. The number of ether oxygens (including phenoxy) is 4. The van der Waals surface area contributed by atoms with Gasteiger partial charge in [-0.25, -0.2) is 9.59 Å². The van der Waals surface area contributed by atoms with Gasteiger partial charge in [-0.05, 0) is 19.9 Å². The van der Waals surface area contributed by atoms with Gasteiger partial charge in [0.15, 0.2) is 11.5 Å². The van der Waals surface area contributed by atoms with E-state index in [-0.39, 0.29) is 23.6 Å². The number of rotatable bonds is 6. The van der Waals surface area contributed by atoms with Crippen molar-refractivity contribution in [3.05, 3.63) is 53.6 Å². The topological polar surface area (TPSA) is 99.8 Å². The van der Waals surface area contributed by atoms with Crippen LogP contribution in [0.4, 0.5) is 0 Å². The van der Waals surface area contributed by atoms with E-state index in [1.807, 2.05) is 0 Å². The molecule has 1 aromatic heterocycles. The molecule has 2 heterocycles. The Hall–Kier alpha value is -3.73. The summed E-state index contributed by atoms with van der Waals surface area (Å²) < 4.78 is 22.4. The van der Waals surface area contributed by atoms with E-state index in [4.69, 9.17) is 18.9 Å². The van der Waals surface area contributed by atoms with Gasteiger partial charge in [-0.15, -0.1) is 0 Å². The molecular formula is C20H18N2O6. The molecule has 8 nitrogen and oxygen atoms in total. The van der Waals surface area contributed by atoms with Gasteiger partial charge in [0.05, 0.1) is 30.4 Å². The predicted octanol–water partition coefficient (Wildman–Crippen LogP) is 2.69. The van der Waals surface area contributed by atoms with Gasteiger partial charge in [0.25, 0.3) is 0 Å². The van der Waals surface area contributed by atoms with E-state index in [0.717, 1.165) is 6.26 Å². The van der Waals surface area contributed by atoms with Gasteiger partial charge in [0, 0.05) is 11.6 Å². The lowest BCUT2D eigenvalue weighted by Crippen LogP contribution is -2.17. The highest BCUT2D eigenvalue weighted by Crippen LogP contribution is 2.27. The number of carbonyl (C=O) groups excluding carboxylic acids is 2. The number of nitriles is 1. The number of esters is 2. The van der Waals surface area contributed by atoms with E-state index in [9.17, 15) is 14.9 Å². The van der Waals surface area contributed by atoms with E-state index in [1.54, 1.807) is 38.1 Å². The van der Waals surface area contributed by atoms with E-state index in [1.165, 1.54) is 17.9 Å². The molecule has 0 spiro atoms. The highest BCUT2D eigenvalue weighted by atomic mass is 16.7. The first-order valence-electron chi connectivity index (χ1n) is 8.50. The molecule has 28 heavy (non-hydrogen) atoms. The van der Waals surface area contributed by atoms with Crippen LogP contribution >= 0.6 is 0 Å². The maximum Gasteiger partial charge on any atom is 0.358 e. The first-order valence-corrected chi connectivity index (χ1v) is 8.50. The normalized spacial score (nSPS) is 16.7. The Morgan fingerprint density at radius 1 is 1.39 bits per heavy atom. The van der Waals surface area contributed by atoms with Crippen molar-refractivity contribution < 1.29 is 28.5 Å². The minimum Gasteiger partial charge on any atom is -0.493 e. The number of cyclic esters (lactones) is 1. The average Bonchev–Trinajstić information content (AvgIpc) is 3.20. The highest BCUT2D eigenvalue weighted by Gasteiger charge is 2.34. The van der Waals surface area contributed by atoms with Crippen LogP contribution in [0.2, 0.25) is 0 Å². The zero-order valence-corrected chi connectivity index (χ0v) is 15.6. The number of fused-ring (bicyclic) bond motifs is 1. The zero-order valence-electron chi connectivity index (χ0n) is 15.6. The summed E-state index contributed by atoms with van der Waals surface area (Å²) in [6, 6.07) is 9.24. The quantitative estimate of drug-likeness (QED) is 0.430. The van der Waals surface area contributed by atoms with Crippen molar-refractivity contribution in [2.45, 2.75) is 20.1 Å². The van der Waals surface area contributed by atoms with Crippen LogP contribution in [0, 0.1) is 11.3 Å². The second-order valence-corrected chi connectivity index (χ2v) is 5.83. The lowest BCUT2D eigenvalue weighted by atomic mass is 10.2. The summed E-state index contributed by atoms with van der Waals surface area (Å²) in [6.45, 7) is 3.39. The summed E-state index contributed by atoms with van der Waals surface area (Å²) in [5, 5.41) is 10.1. The third-order valence-electron chi connectivity index (χ3n) is 4.20. The van der Waals surface area contributed by atoms with E-state index in [0.29, 0.717) is 16.5 Å². The van der Waals surface area contributed by atoms with Crippen molar-refractivity contribution >= 4 is 28.5 Å². The molecular weight excluding hydrogens is 364 g/mol. The Morgan fingerprint density at radius 2 is 2.14 bits per heavy atom. The largest absolute Gasteiger partial charge is 0.493 e. The summed E-state index contributed by atoms with van der Waals surface area (Å²) >= 11 is 0. The van der Waals surface area contributed by atoms with Gasteiger partial charge in [0.1, 0.15) is 12.3 Å². The molecule has 144 valence electrons. The SMILES string of the molecule is CCOC(=O)/C(=C/OC1OC(=O)C(C)=C1OC)n1cc(C#N)c2ccccc21. The lowest BCUT2D eigenvalue weighted by molar-refractivity contribution is -0.155. The molecule has 1 aliphatic heterocycles. The van der Waals surface area contributed by atoms with Gasteiger partial charge >= 0.3 is 18.2 Å².